The monoisotopic (exact) mass is 417 g/mol. The molecular weight excluding hydrogens is 391 g/mol. The Balaban J connectivity index is 1.82. The number of urea groups is 1. The number of ether oxygens (including phenoxy) is 2. The highest BCUT2D eigenvalue weighted by atomic mass is 19.4. The average Bonchev–Trinajstić information content (AvgIpc) is 2.53. The smallest absolute Gasteiger partial charge is 0.444 e. The highest BCUT2D eigenvalue weighted by Gasteiger charge is 2.33. The van der Waals surface area contributed by atoms with Gasteiger partial charge in [0.15, 0.2) is 0 Å². The van der Waals surface area contributed by atoms with Crippen LogP contribution >= 0.6 is 0 Å². The van der Waals surface area contributed by atoms with Gasteiger partial charge in [-0.3, -0.25) is 0 Å². The van der Waals surface area contributed by atoms with Gasteiger partial charge in [0.25, 0.3) is 0 Å². The van der Waals surface area contributed by atoms with Crippen LogP contribution in [0.15, 0.2) is 24.3 Å². The molecule has 0 radical (unpaired) electrons. The number of carbonyl (C=O) groups excluding carboxylic acids is 2. The molecule has 0 unspecified atom stereocenters. The molecule has 1 fully saturated rings. The van der Waals surface area contributed by atoms with Crippen LogP contribution in [-0.4, -0.2) is 47.6 Å². The second kappa shape index (κ2) is 8.79. The van der Waals surface area contributed by atoms with Gasteiger partial charge >= 0.3 is 18.5 Å². The molecule has 0 aliphatic carbocycles. The lowest BCUT2D eigenvalue weighted by molar-refractivity contribution is -0.274. The van der Waals surface area contributed by atoms with Gasteiger partial charge in [0, 0.05) is 24.3 Å². The third kappa shape index (κ3) is 7.71. The van der Waals surface area contributed by atoms with Gasteiger partial charge in [0.05, 0.1) is 0 Å². The Bertz CT molecular complexity index is 717. The molecule has 1 saturated heterocycles. The van der Waals surface area contributed by atoms with Crippen LogP contribution in [-0.2, 0) is 4.74 Å². The third-order valence-corrected chi connectivity index (χ3v) is 4.19. The zero-order valence-corrected chi connectivity index (χ0v) is 16.8. The molecule has 1 aliphatic heterocycles. The second-order valence-corrected chi connectivity index (χ2v) is 7.91. The quantitative estimate of drug-likeness (QED) is 0.759. The largest absolute Gasteiger partial charge is 0.573 e. The number of nitrogens with one attached hydrogen (secondary N) is 2. The van der Waals surface area contributed by atoms with Gasteiger partial charge < -0.3 is 25.0 Å². The van der Waals surface area contributed by atoms with Crippen LogP contribution in [0.4, 0.5) is 28.4 Å². The summed E-state index contributed by atoms with van der Waals surface area (Å²) in [6.45, 7) is 7.74. The first-order chi connectivity index (χ1) is 13.3. The number of amides is 3. The molecule has 10 heteroatoms. The van der Waals surface area contributed by atoms with Crippen molar-refractivity contribution in [3.05, 3.63) is 24.3 Å². The van der Waals surface area contributed by atoms with Crippen molar-refractivity contribution >= 4 is 17.8 Å². The summed E-state index contributed by atoms with van der Waals surface area (Å²) in [5, 5.41) is 5.39. The number of piperidine rings is 1. The van der Waals surface area contributed by atoms with E-state index in [9.17, 15) is 22.8 Å². The number of carbonyl (C=O) groups is 2. The van der Waals surface area contributed by atoms with Crippen LogP contribution in [0.1, 0.15) is 40.5 Å². The zero-order valence-electron chi connectivity index (χ0n) is 16.8. The Labute approximate surface area is 167 Å². The standard InChI is InChI=1S/C19H26F3N3O4/c1-12-11-14(9-10-25(12)17(27)29-18(2,3)4)24-16(26)23-13-5-7-15(8-6-13)28-19(20,21)22/h5-8,12,14H,9-11H2,1-4H3,(H2,23,24,26)/t12-,14-/m1/s1. The Morgan fingerprint density at radius 2 is 1.76 bits per heavy atom. The Morgan fingerprint density at radius 3 is 2.28 bits per heavy atom. The number of hydrogen-bond donors (Lipinski definition) is 2. The van der Waals surface area contributed by atoms with Crippen LogP contribution in [0.25, 0.3) is 0 Å². The maximum Gasteiger partial charge on any atom is 0.573 e. The maximum atomic E-state index is 12.2. The minimum atomic E-state index is -4.77. The number of halogens is 3. The first-order valence-corrected chi connectivity index (χ1v) is 9.25. The normalized spacial score (nSPS) is 20.0. The molecule has 162 valence electrons. The van der Waals surface area contributed by atoms with Crippen molar-refractivity contribution in [3.8, 4) is 5.75 Å². The molecule has 2 rings (SSSR count). The van der Waals surface area contributed by atoms with Crippen LogP contribution in [0, 0.1) is 0 Å². The fourth-order valence-corrected chi connectivity index (χ4v) is 2.99. The van der Waals surface area contributed by atoms with E-state index in [1.54, 1.807) is 25.7 Å². The van der Waals surface area contributed by atoms with E-state index in [1.807, 2.05) is 6.92 Å². The van der Waals surface area contributed by atoms with E-state index in [2.05, 4.69) is 15.4 Å². The van der Waals surface area contributed by atoms with E-state index >= 15 is 0 Å². The molecule has 0 spiro atoms. The lowest BCUT2D eigenvalue weighted by Gasteiger charge is -2.38. The van der Waals surface area contributed by atoms with Gasteiger partial charge in [-0.25, -0.2) is 9.59 Å². The second-order valence-electron chi connectivity index (χ2n) is 7.91. The van der Waals surface area contributed by atoms with Crippen molar-refractivity contribution in [2.75, 3.05) is 11.9 Å². The molecule has 1 heterocycles. The van der Waals surface area contributed by atoms with Crippen molar-refractivity contribution in [3.63, 3.8) is 0 Å². The van der Waals surface area contributed by atoms with E-state index in [1.165, 1.54) is 12.1 Å². The SMILES string of the molecule is C[C@@H]1C[C@H](NC(=O)Nc2ccc(OC(F)(F)F)cc2)CCN1C(=O)OC(C)(C)C. The van der Waals surface area contributed by atoms with Crippen molar-refractivity contribution in [1.82, 2.24) is 10.2 Å². The van der Waals surface area contributed by atoms with Gasteiger partial charge in [0.1, 0.15) is 11.4 Å². The van der Waals surface area contributed by atoms with E-state index in [4.69, 9.17) is 4.74 Å². The molecule has 0 bridgehead atoms. The number of anilines is 1. The van der Waals surface area contributed by atoms with Crippen molar-refractivity contribution in [1.29, 1.82) is 0 Å². The van der Waals surface area contributed by atoms with Crippen LogP contribution < -0.4 is 15.4 Å². The summed E-state index contributed by atoms with van der Waals surface area (Å²) in [7, 11) is 0. The maximum absolute atomic E-state index is 12.2. The Hall–Kier alpha value is -2.65. The van der Waals surface area contributed by atoms with Gasteiger partial charge in [-0.2, -0.15) is 0 Å². The molecule has 1 aliphatic rings. The van der Waals surface area contributed by atoms with Crippen molar-refractivity contribution in [2.24, 2.45) is 0 Å². The average molecular weight is 417 g/mol. The zero-order chi connectivity index (χ0) is 21.8. The van der Waals surface area contributed by atoms with Gasteiger partial charge in [-0.15, -0.1) is 13.2 Å². The predicted octanol–water partition coefficient (Wildman–Crippen LogP) is 4.49. The number of hydrogen-bond acceptors (Lipinski definition) is 4. The summed E-state index contributed by atoms with van der Waals surface area (Å²) in [6.07, 6.45) is -4.02. The molecule has 3 amide bonds. The summed E-state index contributed by atoms with van der Waals surface area (Å²) >= 11 is 0. The molecule has 0 saturated carbocycles. The number of rotatable bonds is 3. The van der Waals surface area contributed by atoms with Crippen molar-refractivity contribution < 1.29 is 32.2 Å². The first kappa shape index (κ1) is 22.6. The Morgan fingerprint density at radius 1 is 1.14 bits per heavy atom. The lowest BCUT2D eigenvalue weighted by Crippen LogP contribution is -2.52. The Kier molecular flexibility index (Phi) is 6.86. The fourth-order valence-electron chi connectivity index (χ4n) is 2.99. The summed E-state index contributed by atoms with van der Waals surface area (Å²) in [6, 6.07) is 4.13. The minimum absolute atomic E-state index is 0.109. The van der Waals surface area contributed by atoms with Crippen LogP contribution in [0.3, 0.4) is 0 Å². The highest BCUT2D eigenvalue weighted by molar-refractivity contribution is 5.89. The number of nitrogens with zero attached hydrogens (tertiary/aromatic N) is 1. The van der Waals surface area contributed by atoms with Crippen LogP contribution in [0.2, 0.25) is 0 Å². The molecule has 1 aromatic rings. The molecule has 29 heavy (non-hydrogen) atoms. The van der Waals surface area contributed by atoms with Crippen LogP contribution in [0.5, 0.6) is 5.75 Å². The summed E-state index contributed by atoms with van der Waals surface area (Å²) in [5.74, 6) is -0.369. The summed E-state index contributed by atoms with van der Waals surface area (Å²) in [4.78, 5) is 26.0. The number of alkyl halides is 3. The fraction of sp³-hybridized carbons (Fsp3) is 0.579. The van der Waals surface area contributed by atoms with E-state index < -0.39 is 18.0 Å². The number of likely N-dealkylation sites (tertiary alicyclic amines) is 1. The number of benzene rings is 1. The molecule has 1 aromatic carbocycles. The van der Waals surface area contributed by atoms with E-state index in [0.29, 0.717) is 25.1 Å². The third-order valence-electron chi connectivity index (χ3n) is 4.19. The molecular formula is C19H26F3N3O4. The summed E-state index contributed by atoms with van der Waals surface area (Å²) in [5.41, 5.74) is -0.247. The lowest BCUT2D eigenvalue weighted by atomic mass is 9.99. The van der Waals surface area contributed by atoms with Crippen molar-refractivity contribution in [2.45, 2.75) is 64.6 Å². The molecule has 2 N–H and O–H groups in total. The van der Waals surface area contributed by atoms with Gasteiger partial charge in [0.2, 0.25) is 0 Å². The molecule has 7 nitrogen and oxygen atoms in total. The van der Waals surface area contributed by atoms with Gasteiger partial charge in [-0.05, 0) is 64.8 Å². The van der Waals surface area contributed by atoms with Gasteiger partial charge in [-0.1, -0.05) is 0 Å². The molecule has 0 aromatic heterocycles. The predicted molar refractivity (Wildman–Crippen MR) is 101 cm³/mol. The topological polar surface area (TPSA) is 79.9 Å². The van der Waals surface area contributed by atoms with E-state index in [-0.39, 0.29) is 23.9 Å². The van der Waals surface area contributed by atoms with E-state index in [0.717, 1.165) is 12.1 Å². The summed E-state index contributed by atoms with van der Waals surface area (Å²) < 4.78 is 45.7. The highest BCUT2D eigenvalue weighted by Crippen LogP contribution is 2.24. The first-order valence-electron chi connectivity index (χ1n) is 9.25. The molecule has 2 atom stereocenters. The minimum Gasteiger partial charge on any atom is -0.444 e.